The number of thiazole rings is 1. The van der Waals surface area contributed by atoms with Gasteiger partial charge in [-0.2, -0.15) is 26.3 Å². The molecule has 1 aromatic heterocycles. The van der Waals surface area contributed by atoms with Crippen LogP contribution in [0.4, 0.5) is 26.3 Å². The number of guanidine groups is 1. The highest BCUT2D eigenvalue weighted by Crippen LogP contribution is 2.30. The van der Waals surface area contributed by atoms with Gasteiger partial charge >= 0.3 is 12.4 Å². The molecule has 0 aliphatic carbocycles. The van der Waals surface area contributed by atoms with E-state index in [1.807, 2.05) is 0 Å². The second kappa shape index (κ2) is 9.81. The molecule has 0 amide bonds. The number of halogens is 6. The number of nitrogens with one attached hydrogen (secondary N) is 2. The van der Waals surface area contributed by atoms with Crippen LogP contribution in [0.2, 0.25) is 0 Å². The number of hydrogen-bond acceptors (Lipinski definition) is 4. The summed E-state index contributed by atoms with van der Waals surface area (Å²) < 4.78 is 79.8. The van der Waals surface area contributed by atoms with Crippen LogP contribution >= 0.6 is 11.3 Å². The number of hydrogen-bond donors (Lipinski definition) is 2. The highest BCUT2D eigenvalue weighted by molar-refractivity contribution is 7.09. The maximum atomic E-state index is 12.6. The molecule has 5 nitrogen and oxygen atoms in total. The third kappa shape index (κ3) is 7.80. The molecule has 1 heterocycles. The van der Waals surface area contributed by atoms with Crippen LogP contribution in [0, 0.1) is 0 Å². The fraction of sp³-hybridized carbons (Fsp3) is 0.412. The molecule has 0 radical (unpaired) electrons. The minimum atomic E-state index is -4.51. The van der Waals surface area contributed by atoms with E-state index in [0.717, 1.165) is 16.7 Å². The van der Waals surface area contributed by atoms with Gasteiger partial charge in [0.25, 0.3) is 0 Å². The van der Waals surface area contributed by atoms with Crippen molar-refractivity contribution in [2.75, 3.05) is 13.2 Å². The van der Waals surface area contributed by atoms with Crippen LogP contribution in [-0.4, -0.2) is 30.3 Å². The van der Waals surface area contributed by atoms with Crippen LogP contribution in [0.3, 0.4) is 0 Å². The third-order valence-electron chi connectivity index (χ3n) is 3.36. The Morgan fingerprint density at radius 2 is 1.86 bits per heavy atom. The molecule has 0 atom stereocenters. The Hall–Kier alpha value is -2.50. The monoisotopic (exact) mass is 440 g/mol. The van der Waals surface area contributed by atoms with Crippen molar-refractivity contribution in [2.45, 2.75) is 32.4 Å². The topological polar surface area (TPSA) is 58.5 Å². The number of ether oxygens (including phenoxy) is 1. The lowest BCUT2D eigenvalue weighted by molar-refractivity contribution is -0.153. The van der Waals surface area contributed by atoms with Gasteiger partial charge < -0.3 is 15.4 Å². The van der Waals surface area contributed by atoms with Crippen molar-refractivity contribution in [3.05, 3.63) is 45.9 Å². The zero-order valence-corrected chi connectivity index (χ0v) is 16.0. The van der Waals surface area contributed by atoms with E-state index < -0.39 is 24.7 Å². The van der Waals surface area contributed by atoms with Crippen LogP contribution in [0.5, 0.6) is 5.75 Å². The molecule has 0 saturated heterocycles. The van der Waals surface area contributed by atoms with Crippen molar-refractivity contribution in [1.29, 1.82) is 0 Å². The average molecular weight is 440 g/mol. The molecule has 0 aliphatic heterocycles. The summed E-state index contributed by atoms with van der Waals surface area (Å²) in [6, 6.07) is 6.17. The average Bonchev–Trinajstić information content (AvgIpc) is 3.12. The largest absolute Gasteiger partial charge is 0.484 e. The zero-order chi connectivity index (χ0) is 21.5. The number of rotatable bonds is 7. The zero-order valence-electron chi connectivity index (χ0n) is 15.2. The Labute approximate surface area is 166 Å². The molecule has 0 bridgehead atoms. The summed E-state index contributed by atoms with van der Waals surface area (Å²) in [4.78, 5) is 7.76. The molecule has 2 aromatic rings. The normalized spacial score (nSPS) is 12.7. The lowest BCUT2D eigenvalue weighted by Crippen LogP contribution is -2.36. The van der Waals surface area contributed by atoms with Gasteiger partial charge in [0.1, 0.15) is 10.8 Å². The molecule has 12 heteroatoms. The molecule has 0 fully saturated rings. The molecule has 0 saturated carbocycles. The fourth-order valence-electron chi connectivity index (χ4n) is 2.12. The molecular formula is C17H18F6N4OS. The molecule has 0 aliphatic rings. The lowest BCUT2D eigenvalue weighted by Gasteiger charge is -2.13. The summed E-state index contributed by atoms with van der Waals surface area (Å²) in [7, 11) is 0. The smallest absolute Gasteiger partial charge is 0.434 e. The summed E-state index contributed by atoms with van der Waals surface area (Å²) in [6.07, 6.45) is -8.97. The van der Waals surface area contributed by atoms with Crippen molar-refractivity contribution in [1.82, 2.24) is 15.6 Å². The number of aromatic nitrogens is 1. The van der Waals surface area contributed by atoms with Crippen LogP contribution in [0.15, 0.2) is 34.6 Å². The first-order valence-electron chi connectivity index (χ1n) is 8.39. The Kier molecular flexibility index (Phi) is 7.71. The first-order chi connectivity index (χ1) is 13.6. The summed E-state index contributed by atoms with van der Waals surface area (Å²) in [6.45, 7) is 0.873. The van der Waals surface area contributed by atoms with E-state index in [2.05, 4.69) is 20.6 Å². The van der Waals surface area contributed by atoms with Gasteiger partial charge in [0.05, 0.1) is 13.1 Å². The standard InChI is InChI=1S/C17H18F6N4OS/c1-2-24-15(26-8-14-27-13(9-29-14)17(21,22)23)25-7-11-5-3-4-6-12(11)28-10-16(18,19)20/h3-6,9H,2,7-8,10H2,1H3,(H2,24,25,26). The van der Waals surface area contributed by atoms with Crippen molar-refractivity contribution in [3.8, 4) is 5.75 Å². The van der Waals surface area contributed by atoms with E-state index in [1.165, 1.54) is 6.07 Å². The van der Waals surface area contributed by atoms with Crippen LogP contribution in [0.25, 0.3) is 0 Å². The predicted molar refractivity (Wildman–Crippen MR) is 96.8 cm³/mol. The maximum absolute atomic E-state index is 12.6. The van der Waals surface area contributed by atoms with Crippen molar-refractivity contribution < 1.29 is 31.1 Å². The van der Waals surface area contributed by atoms with E-state index in [0.29, 0.717) is 12.1 Å². The van der Waals surface area contributed by atoms with E-state index in [-0.39, 0.29) is 29.8 Å². The molecule has 29 heavy (non-hydrogen) atoms. The van der Waals surface area contributed by atoms with Gasteiger partial charge in [-0.05, 0) is 13.0 Å². The summed E-state index contributed by atoms with van der Waals surface area (Å²) in [5.41, 5.74) is -0.528. The molecule has 160 valence electrons. The highest BCUT2D eigenvalue weighted by atomic mass is 32.1. The maximum Gasteiger partial charge on any atom is 0.434 e. The van der Waals surface area contributed by atoms with E-state index in [1.54, 1.807) is 25.1 Å². The van der Waals surface area contributed by atoms with E-state index in [9.17, 15) is 26.3 Å². The predicted octanol–water partition coefficient (Wildman–Crippen LogP) is 4.36. The molecule has 0 unspecified atom stereocenters. The van der Waals surface area contributed by atoms with Crippen molar-refractivity contribution in [3.63, 3.8) is 0 Å². The molecule has 2 N–H and O–H groups in total. The van der Waals surface area contributed by atoms with Gasteiger partial charge in [0.2, 0.25) is 0 Å². The first kappa shape index (κ1) is 22.8. The summed E-state index contributed by atoms with van der Waals surface area (Å²) >= 11 is 0.859. The quantitative estimate of drug-likeness (QED) is 0.382. The van der Waals surface area contributed by atoms with Crippen LogP contribution in [0.1, 0.15) is 23.2 Å². The van der Waals surface area contributed by atoms with Gasteiger partial charge in [0.15, 0.2) is 18.3 Å². The molecule has 0 spiro atoms. The van der Waals surface area contributed by atoms with Crippen LogP contribution < -0.4 is 15.4 Å². The second-order valence-electron chi connectivity index (χ2n) is 5.68. The number of nitrogens with zero attached hydrogens (tertiary/aromatic N) is 2. The second-order valence-corrected chi connectivity index (χ2v) is 6.63. The lowest BCUT2D eigenvalue weighted by atomic mass is 10.2. The third-order valence-corrected chi connectivity index (χ3v) is 4.21. The first-order valence-corrected chi connectivity index (χ1v) is 9.27. The van der Waals surface area contributed by atoms with Crippen molar-refractivity contribution in [2.24, 2.45) is 4.99 Å². The molecule has 2 rings (SSSR count). The Morgan fingerprint density at radius 3 is 2.48 bits per heavy atom. The van der Waals surface area contributed by atoms with Gasteiger partial charge in [-0.3, -0.25) is 0 Å². The van der Waals surface area contributed by atoms with Gasteiger partial charge in [0, 0.05) is 17.5 Å². The number of benzene rings is 1. The summed E-state index contributed by atoms with van der Waals surface area (Å²) in [5, 5.41) is 6.90. The van der Waals surface area contributed by atoms with Crippen molar-refractivity contribution >= 4 is 17.3 Å². The van der Waals surface area contributed by atoms with Gasteiger partial charge in [-0.1, -0.05) is 18.2 Å². The fourth-order valence-corrected chi connectivity index (χ4v) is 2.86. The number of alkyl halides is 6. The van der Waals surface area contributed by atoms with E-state index in [4.69, 9.17) is 4.74 Å². The van der Waals surface area contributed by atoms with Gasteiger partial charge in [-0.25, -0.2) is 9.98 Å². The minimum Gasteiger partial charge on any atom is -0.484 e. The number of aliphatic imine (C=N–C) groups is 1. The summed E-state index contributed by atoms with van der Waals surface area (Å²) in [5.74, 6) is 0.334. The Morgan fingerprint density at radius 1 is 1.14 bits per heavy atom. The number of para-hydroxylation sites is 1. The Balaban J connectivity index is 2.03. The molecular weight excluding hydrogens is 422 g/mol. The Bertz CT molecular complexity index is 819. The van der Waals surface area contributed by atoms with Gasteiger partial charge in [-0.15, -0.1) is 11.3 Å². The highest BCUT2D eigenvalue weighted by Gasteiger charge is 2.33. The van der Waals surface area contributed by atoms with Crippen LogP contribution in [-0.2, 0) is 19.3 Å². The SMILES string of the molecule is CCNC(=NCc1ccccc1OCC(F)(F)F)NCc1nc(C(F)(F)F)cs1. The minimum absolute atomic E-state index is 0.00896. The van der Waals surface area contributed by atoms with E-state index >= 15 is 0 Å². The molecule has 1 aromatic carbocycles.